The van der Waals surface area contributed by atoms with Crippen LogP contribution in [0.15, 0.2) is 30.7 Å². The predicted octanol–water partition coefficient (Wildman–Crippen LogP) is 1.90. The zero-order valence-corrected chi connectivity index (χ0v) is 9.10. The maximum Gasteiger partial charge on any atom is 0.337 e. The first-order valence-corrected chi connectivity index (χ1v) is 5.09. The molecule has 3 aromatic rings. The van der Waals surface area contributed by atoms with Crippen LogP contribution in [0.2, 0.25) is 0 Å². The van der Waals surface area contributed by atoms with E-state index in [1.807, 2.05) is 6.07 Å². The molecule has 0 saturated carbocycles. The van der Waals surface area contributed by atoms with E-state index in [-0.39, 0.29) is 5.97 Å². The molecule has 0 unspecified atom stereocenters. The van der Waals surface area contributed by atoms with Crippen molar-refractivity contribution in [3.8, 4) is 0 Å². The minimum Gasteiger partial charge on any atom is -0.465 e. The summed E-state index contributed by atoms with van der Waals surface area (Å²) in [5, 5.41) is 1.94. The molecule has 0 amide bonds. The van der Waals surface area contributed by atoms with Gasteiger partial charge in [0, 0.05) is 22.5 Å². The average molecular weight is 227 g/mol. The van der Waals surface area contributed by atoms with E-state index in [2.05, 4.69) is 19.7 Å². The highest BCUT2D eigenvalue weighted by Gasteiger charge is 2.09. The van der Waals surface area contributed by atoms with Crippen LogP contribution in [0.5, 0.6) is 0 Å². The summed E-state index contributed by atoms with van der Waals surface area (Å²) in [7, 11) is 1.36. The van der Waals surface area contributed by atoms with E-state index in [0.717, 1.165) is 21.9 Å². The second-order valence-electron chi connectivity index (χ2n) is 3.66. The Labute approximate surface area is 96.4 Å². The summed E-state index contributed by atoms with van der Waals surface area (Å²) in [4.78, 5) is 22.7. The van der Waals surface area contributed by atoms with Gasteiger partial charge in [0.25, 0.3) is 0 Å². The molecule has 0 fully saturated rings. The van der Waals surface area contributed by atoms with Gasteiger partial charge in [0.15, 0.2) is 0 Å². The van der Waals surface area contributed by atoms with Crippen LogP contribution < -0.4 is 0 Å². The summed E-state index contributed by atoms with van der Waals surface area (Å²) < 4.78 is 4.68. The Balaban J connectivity index is 2.30. The number of nitrogens with one attached hydrogen (secondary N) is 1. The highest BCUT2D eigenvalue weighted by Crippen LogP contribution is 2.24. The molecule has 17 heavy (non-hydrogen) atoms. The third-order valence-corrected chi connectivity index (χ3v) is 2.70. The van der Waals surface area contributed by atoms with Crippen molar-refractivity contribution in [3.63, 3.8) is 0 Å². The number of aromatic amines is 1. The number of carbonyl (C=O) groups excluding carboxylic acids is 1. The lowest BCUT2D eigenvalue weighted by atomic mass is 10.1. The van der Waals surface area contributed by atoms with E-state index in [4.69, 9.17) is 0 Å². The number of hydrogen-bond donors (Lipinski definition) is 1. The van der Waals surface area contributed by atoms with Crippen LogP contribution in [0.3, 0.4) is 0 Å². The number of methoxy groups -OCH3 is 1. The van der Waals surface area contributed by atoms with Crippen molar-refractivity contribution in [2.24, 2.45) is 0 Å². The standard InChI is InChI=1S/C12H9N3O2/c1-17-12(16)7-2-3-8-9-5-13-6-14-11(9)15-10(8)4-7/h2-6H,1H3,(H,13,14,15). The number of aromatic nitrogens is 3. The molecule has 0 bridgehead atoms. The van der Waals surface area contributed by atoms with E-state index in [1.54, 1.807) is 18.3 Å². The fourth-order valence-corrected chi connectivity index (χ4v) is 1.88. The quantitative estimate of drug-likeness (QED) is 0.644. The lowest BCUT2D eigenvalue weighted by Gasteiger charge is -1.98. The van der Waals surface area contributed by atoms with Gasteiger partial charge in [-0.3, -0.25) is 0 Å². The SMILES string of the molecule is COC(=O)c1ccc2c(c1)[nH]c1ncncc12. The topological polar surface area (TPSA) is 67.9 Å². The van der Waals surface area contributed by atoms with Crippen LogP contribution in [0.25, 0.3) is 21.9 Å². The molecular weight excluding hydrogens is 218 g/mol. The molecule has 0 aliphatic heterocycles. The molecule has 84 valence electrons. The number of benzene rings is 1. The summed E-state index contributed by atoms with van der Waals surface area (Å²) in [6.45, 7) is 0. The van der Waals surface area contributed by atoms with Gasteiger partial charge in [-0.15, -0.1) is 0 Å². The van der Waals surface area contributed by atoms with Gasteiger partial charge in [-0.2, -0.15) is 0 Å². The van der Waals surface area contributed by atoms with Crippen LogP contribution >= 0.6 is 0 Å². The van der Waals surface area contributed by atoms with E-state index < -0.39 is 0 Å². The van der Waals surface area contributed by atoms with E-state index in [1.165, 1.54) is 13.4 Å². The van der Waals surface area contributed by atoms with Gasteiger partial charge in [0.05, 0.1) is 12.7 Å². The molecule has 0 aliphatic rings. The first kappa shape index (κ1) is 9.77. The Morgan fingerprint density at radius 3 is 3.06 bits per heavy atom. The van der Waals surface area contributed by atoms with Crippen LogP contribution in [-0.4, -0.2) is 28.0 Å². The normalized spacial score (nSPS) is 10.9. The van der Waals surface area contributed by atoms with Crippen molar-refractivity contribution in [1.82, 2.24) is 15.0 Å². The van der Waals surface area contributed by atoms with Gasteiger partial charge in [0.2, 0.25) is 0 Å². The molecular formula is C12H9N3O2. The van der Waals surface area contributed by atoms with Crippen molar-refractivity contribution < 1.29 is 9.53 Å². The first-order valence-electron chi connectivity index (χ1n) is 5.09. The van der Waals surface area contributed by atoms with Crippen LogP contribution in [0.4, 0.5) is 0 Å². The lowest BCUT2D eigenvalue weighted by Crippen LogP contribution is -2.00. The number of H-pyrrole nitrogens is 1. The molecule has 0 radical (unpaired) electrons. The highest BCUT2D eigenvalue weighted by molar-refractivity contribution is 6.07. The molecule has 3 rings (SSSR count). The fourth-order valence-electron chi connectivity index (χ4n) is 1.88. The second kappa shape index (κ2) is 3.55. The molecule has 2 aromatic heterocycles. The summed E-state index contributed by atoms with van der Waals surface area (Å²) in [5.74, 6) is -0.350. The predicted molar refractivity (Wildman–Crippen MR) is 62.7 cm³/mol. The minimum atomic E-state index is -0.350. The largest absolute Gasteiger partial charge is 0.465 e. The van der Waals surface area contributed by atoms with E-state index in [9.17, 15) is 4.79 Å². The average Bonchev–Trinajstić information content (AvgIpc) is 2.75. The summed E-state index contributed by atoms with van der Waals surface area (Å²) >= 11 is 0. The van der Waals surface area contributed by atoms with Crippen LogP contribution in [-0.2, 0) is 4.74 Å². The molecule has 5 heteroatoms. The molecule has 0 aliphatic carbocycles. The van der Waals surface area contributed by atoms with E-state index in [0.29, 0.717) is 5.56 Å². The molecule has 0 atom stereocenters. The van der Waals surface area contributed by atoms with E-state index >= 15 is 0 Å². The number of rotatable bonds is 1. The summed E-state index contributed by atoms with van der Waals surface area (Å²) in [6.07, 6.45) is 3.23. The molecule has 0 saturated heterocycles. The van der Waals surface area contributed by atoms with Gasteiger partial charge < -0.3 is 9.72 Å². The Bertz CT molecular complexity index is 718. The number of fused-ring (bicyclic) bond motifs is 3. The lowest BCUT2D eigenvalue weighted by molar-refractivity contribution is 0.0601. The number of esters is 1. The third-order valence-electron chi connectivity index (χ3n) is 2.70. The van der Waals surface area contributed by atoms with Crippen molar-refractivity contribution in [2.75, 3.05) is 7.11 Å². The molecule has 0 spiro atoms. The zero-order valence-electron chi connectivity index (χ0n) is 9.10. The van der Waals surface area contributed by atoms with Crippen LogP contribution in [0.1, 0.15) is 10.4 Å². The first-order chi connectivity index (χ1) is 8.29. The monoisotopic (exact) mass is 227 g/mol. The Morgan fingerprint density at radius 1 is 1.35 bits per heavy atom. The fraction of sp³-hybridized carbons (Fsp3) is 0.0833. The molecule has 5 nitrogen and oxygen atoms in total. The number of ether oxygens (including phenoxy) is 1. The minimum absolute atomic E-state index is 0.350. The van der Waals surface area contributed by atoms with Gasteiger partial charge >= 0.3 is 5.97 Å². The van der Waals surface area contributed by atoms with Crippen molar-refractivity contribution in [1.29, 1.82) is 0 Å². The summed E-state index contributed by atoms with van der Waals surface area (Å²) in [6, 6.07) is 5.35. The van der Waals surface area contributed by atoms with Crippen LogP contribution in [0, 0.1) is 0 Å². The third kappa shape index (κ3) is 1.44. The Hall–Kier alpha value is -2.43. The zero-order chi connectivity index (χ0) is 11.8. The smallest absolute Gasteiger partial charge is 0.337 e. The van der Waals surface area contributed by atoms with Gasteiger partial charge in [-0.05, 0) is 12.1 Å². The maximum atomic E-state index is 11.4. The number of nitrogens with zero attached hydrogens (tertiary/aromatic N) is 2. The summed E-state index contributed by atoms with van der Waals surface area (Å²) in [5.41, 5.74) is 2.12. The number of carbonyl (C=O) groups is 1. The molecule has 2 heterocycles. The van der Waals surface area contributed by atoms with Gasteiger partial charge in [-0.25, -0.2) is 14.8 Å². The number of hydrogen-bond acceptors (Lipinski definition) is 4. The molecule has 1 N–H and O–H groups in total. The molecule has 1 aromatic carbocycles. The second-order valence-corrected chi connectivity index (χ2v) is 3.66. The Morgan fingerprint density at radius 2 is 2.24 bits per heavy atom. The Kier molecular flexibility index (Phi) is 2.04. The van der Waals surface area contributed by atoms with Gasteiger partial charge in [0.1, 0.15) is 12.0 Å². The van der Waals surface area contributed by atoms with Gasteiger partial charge in [-0.1, -0.05) is 6.07 Å². The highest BCUT2D eigenvalue weighted by atomic mass is 16.5. The van der Waals surface area contributed by atoms with Crippen molar-refractivity contribution in [2.45, 2.75) is 0 Å². The van der Waals surface area contributed by atoms with Crippen molar-refractivity contribution >= 4 is 27.9 Å². The van der Waals surface area contributed by atoms with Crippen molar-refractivity contribution in [3.05, 3.63) is 36.3 Å². The maximum absolute atomic E-state index is 11.4.